The minimum Gasteiger partial charge on any atom is -0.478 e. The van der Waals surface area contributed by atoms with E-state index < -0.39 is 23.9 Å². The third kappa shape index (κ3) is 7.56. The second-order valence-corrected chi connectivity index (χ2v) is 11.7. The number of thiocarbonyl (C=S) groups is 1. The van der Waals surface area contributed by atoms with Crippen LogP contribution in [0.5, 0.6) is 0 Å². The zero-order chi connectivity index (χ0) is 31.2. The van der Waals surface area contributed by atoms with E-state index in [9.17, 15) is 23.2 Å². The van der Waals surface area contributed by atoms with E-state index in [1.807, 2.05) is 12.1 Å². The van der Waals surface area contributed by atoms with Gasteiger partial charge in [-0.1, -0.05) is 48.2 Å². The minimum atomic E-state index is -1.07. The number of halogens is 2. The lowest BCUT2D eigenvalue weighted by atomic mass is 9.95. The van der Waals surface area contributed by atoms with Gasteiger partial charge in [0.05, 0.1) is 23.7 Å². The summed E-state index contributed by atoms with van der Waals surface area (Å²) in [6.07, 6.45) is 1.25. The lowest BCUT2D eigenvalue weighted by molar-refractivity contribution is -0.180. The van der Waals surface area contributed by atoms with Gasteiger partial charge in [-0.15, -0.1) is 0 Å². The minimum absolute atomic E-state index is 0.0366. The third-order valence-electron chi connectivity index (χ3n) is 7.09. The zero-order valence-corrected chi connectivity index (χ0v) is 25.0. The van der Waals surface area contributed by atoms with Gasteiger partial charge in [-0.2, -0.15) is 0 Å². The van der Waals surface area contributed by atoms with Gasteiger partial charge in [-0.05, 0) is 77.6 Å². The second kappa shape index (κ2) is 14.2. The van der Waals surface area contributed by atoms with Crippen molar-refractivity contribution in [2.75, 3.05) is 25.1 Å². The molecule has 3 aromatic rings. The predicted molar refractivity (Wildman–Crippen MR) is 167 cm³/mol. The number of hydrogen-bond donors (Lipinski definition) is 2. The molecule has 0 saturated carbocycles. The molecule has 2 aliphatic heterocycles. The van der Waals surface area contributed by atoms with Gasteiger partial charge in [0, 0.05) is 25.1 Å². The molecule has 2 fully saturated rings. The summed E-state index contributed by atoms with van der Waals surface area (Å²) in [5, 5.41) is 11.7. The highest BCUT2D eigenvalue weighted by Gasteiger charge is 2.35. The summed E-state index contributed by atoms with van der Waals surface area (Å²) in [7, 11) is 0. The molecule has 3 aromatic carbocycles. The van der Waals surface area contributed by atoms with Crippen LogP contribution in [0, 0.1) is 11.6 Å². The predicted octanol–water partition coefficient (Wildman–Crippen LogP) is 6.47. The Morgan fingerprint density at radius 1 is 0.955 bits per heavy atom. The van der Waals surface area contributed by atoms with E-state index in [4.69, 9.17) is 26.8 Å². The van der Waals surface area contributed by atoms with Gasteiger partial charge in [-0.3, -0.25) is 14.5 Å². The Morgan fingerprint density at radius 3 is 2.39 bits per heavy atom. The maximum absolute atomic E-state index is 14.0. The van der Waals surface area contributed by atoms with Crippen molar-refractivity contribution in [1.29, 1.82) is 0 Å². The van der Waals surface area contributed by atoms with Crippen LogP contribution in [0.15, 0.2) is 71.6 Å². The van der Waals surface area contributed by atoms with E-state index >= 15 is 0 Å². The van der Waals surface area contributed by atoms with Crippen LogP contribution in [-0.2, 0) is 19.1 Å². The van der Waals surface area contributed by atoms with Crippen LogP contribution in [0.3, 0.4) is 0 Å². The van der Waals surface area contributed by atoms with E-state index in [0.29, 0.717) is 63.2 Å². The van der Waals surface area contributed by atoms with Crippen LogP contribution >= 0.6 is 24.0 Å². The van der Waals surface area contributed by atoms with E-state index in [2.05, 4.69) is 5.32 Å². The number of thioether (sulfide) groups is 1. The molecule has 0 spiro atoms. The summed E-state index contributed by atoms with van der Waals surface area (Å²) in [5.41, 5.74) is 3.08. The summed E-state index contributed by atoms with van der Waals surface area (Å²) in [5.74, 6) is -3.66. The Hall–Kier alpha value is -3.97. The topological polar surface area (TPSA) is 105 Å². The van der Waals surface area contributed by atoms with Crippen LogP contribution in [0.2, 0.25) is 0 Å². The number of carbonyl (C=O) groups is 3. The van der Waals surface area contributed by atoms with Gasteiger partial charge in [-0.25, -0.2) is 13.6 Å². The molecule has 0 aliphatic carbocycles. The second-order valence-electron chi connectivity index (χ2n) is 10.1. The molecular formula is C32H28F2N2O6S2. The van der Waals surface area contributed by atoms with Crippen molar-refractivity contribution in [3.63, 3.8) is 0 Å². The summed E-state index contributed by atoms with van der Waals surface area (Å²) in [6.45, 7) is 1.21. The Bertz CT molecular complexity index is 1620. The first-order valence-electron chi connectivity index (χ1n) is 13.9. The molecule has 2 aliphatic rings. The molecule has 0 radical (unpaired) electrons. The number of carboxylic acids is 1. The fourth-order valence-corrected chi connectivity index (χ4v) is 6.25. The van der Waals surface area contributed by atoms with Crippen molar-refractivity contribution in [3.8, 4) is 11.1 Å². The van der Waals surface area contributed by atoms with Crippen LogP contribution in [0.1, 0.15) is 41.6 Å². The van der Waals surface area contributed by atoms with Gasteiger partial charge < -0.3 is 19.9 Å². The highest BCUT2D eigenvalue weighted by atomic mass is 32.2. The number of allylic oxidation sites excluding steroid dienone is 1. The van der Waals surface area contributed by atoms with E-state index in [-0.39, 0.29) is 30.3 Å². The van der Waals surface area contributed by atoms with Crippen molar-refractivity contribution in [1.82, 2.24) is 4.90 Å². The standard InChI is InChI=1S/C32H28F2N2O6S2/c33-25-11-7-21(18-26(25)34)20-3-1-4-22(17-20)24(10-12-28-41-15-2-16-42-28)29-30(38)36(32(43)44-29)14-13-27(37)35-23-8-5-19(6-9-23)31(39)40/h1,3-9,11,17-18,28H,2,10,12-16H2,(H,35,37)(H,39,40)/b29-24-. The molecule has 0 bridgehead atoms. The first kappa shape index (κ1) is 31.5. The van der Waals surface area contributed by atoms with Crippen molar-refractivity contribution >= 4 is 57.3 Å². The molecular weight excluding hydrogens is 610 g/mol. The van der Waals surface area contributed by atoms with Gasteiger partial charge >= 0.3 is 5.97 Å². The average molecular weight is 639 g/mol. The quantitative estimate of drug-likeness (QED) is 0.192. The number of benzene rings is 3. The lowest BCUT2D eigenvalue weighted by Gasteiger charge is -2.24. The van der Waals surface area contributed by atoms with Crippen molar-refractivity contribution in [2.24, 2.45) is 0 Å². The third-order valence-corrected chi connectivity index (χ3v) is 8.58. The summed E-state index contributed by atoms with van der Waals surface area (Å²) < 4.78 is 39.3. The highest BCUT2D eigenvalue weighted by Crippen LogP contribution is 2.40. The number of aromatic carboxylic acids is 1. The molecule has 0 unspecified atom stereocenters. The molecule has 228 valence electrons. The van der Waals surface area contributed by atoms with Crippen LogP contribution < -0.4 is 5.32 Å². The maximum atomic E-state index is 14.0. The maximum Gasteiger partial charge on any atom is 0.335 e. The SMILES string of the molecule is O=C(CCN1C(=O)/C(=C(\CCC2OCCCO2)c2cccc(-c3ccc(F)c(F)c3)c2)SC1=S)Nc1ccc(C(=O)O)cc1. The number of carboxylic acid groups (broad SMARTS) is 1. The van der Waals surface area contributed by atoms with E-state index in [1.165, 1.54) is 35.2 Å². The van der Waals surface area contributed by atoms with Gasteiger partial charge in [0.25, 0.3) is 5.91 Å². The average Bonchev–Trinajstić information content (AvgIpc) is 3.30. The molecule has 2 saturated heterocycles. The largest absolute Gasteiger partial charge is 0.478 e. The smallest absolute Gasteiger partial charge is 0.335 e. The van der Waals surface area contributed by atoms with Crippen LogP contribution in [-0.4, -0.2) is 58.2 Å². The highest BCUT2D eigenvalue weighted by molar-refractivity contribution is 8.26. The van der Waals surface area contributed by atoms with Gasteiger partial charge in [0.1, 0.15) is 4.32 Å². The fourth-order valence-electron chi connectivity index (χ4n) is 4.82. The molecule has 0 atom stereocenters. The molecule has 2 heterocycles. The fraction of sp³-hybridized carbons (Fsp3) is 0.250. The normalized spacial score (nSPS) is 16.7. The number of amides is 2. The molecule has 12 heteroatoms. The Morgan fingerprint density at radius 2 is 1.68 bits per heavy atom. The van der Waals surface area contributed by atoms with Crippen molar-refractivity contribution < 1.29 is 37.7 Å². The number of nitrogens with zero attached hydrogens (tertiary/aromatic N) is 1. The van der Waals surface area contributed by atoms with Crippen molar-refractivity contribution in [3.05, 3.63) is 94.4 Å². The Labute approximate surface area is 262 Å². The molecule has 5 rings (SSSR count). The molecule has 8 nitrogen and oxygen atoms in total. The zero-order valence-electron chi connectivity index (χ0n) is 23.4. The molecule has 44 heavy (non-hydrogen) atoms. The van der Waals surface area contributed by atoms with Gasteiger partial charge in [0.2, 0.25) is 5.91 Å². The number of nitrogens with one attached hydrogen (secondary N) is 1. The lowest BCUT2D eigenvalue weighted by Crippen LogP contribution is -2.31. The molecule has 2 N–H and O–H groups in total. The molecule has 0 aromatic heterocycles. The van der Waals surface area contributed by atoms with E-state index in [0.717, 1.165) is 30.3 Å². The summed E-state index contributed by atoms with van der Waals surface area (Å²) in [4.78, 5) is 39.2. The molecule has 2 amide bonds. The first-order valence-corrected chi connectivity index (χ1v) is 15.1. The van der Waals surface area contributed by atoms with Crippen LogP contribution in [0.4, 0.5) is 14.5 Å². The number of hydrogen-bond acceptors (Lipinski definition) is 7. The van der Waals surface area contributed by atoms with E-state index in [1.54, 1.807) is 12.1 Å². The van der Waals surface area contributed by atoms with Crippen molar-refractivity contribution in [2.45, 2.75) is 32.0 Å². The Balaban J connectivity index is 1.36. The number of rotatable bonds is 10. The van der Waals surface area contributed by atoms with Gasteiger partial charge in [0.15, 0.2) is 17.9 Å². The summed E-state index contributed by atoms with van der Waals surface area (Å²) in [6, 6.07) is 16.7. The number of carbonyl (C=O) groups excluding carboxylic acids is 2. The number of anilines is 1. The monoisotopic (exact) mass is 638 g/mol. The number of ether oxygens (including phenoxy) is 2. The summed E-state index contributed by atoms with van der Waals surface area (Å²) >= 11 is 6.69. The van der Waals surface area contributed by atoms with Crippen LogP contribution in [0.25, 0.3) is 16.7 Å². The Kier molecular flexibility index (Phi) is 10.2. The first-order chi connectivity index (χ1) is 21.2.